The van der Waals surface area contributed by atoms with Gasteiger partial charge in [-0.25, -0.2) is 4.98 Å². The molecule has 0 unspecified atom stereocenters. The molecule has 4 heteroatoms. The average Bonchev–Trinajstić information content (AvgIpc) is 2.80. The van der Waals surface area contributed by atoms with Gasteiger partial charge in [0.25, 0.3) is 0 Å². The molecule has 0 fully saturated rings. The molecule has 0 bridgehead atoms. The van der Waals surface area contributed by atoms with E-state index in [4.69, 9.17) is 0 Å². The van der Waals surface area contributed by atoms with Crippen LogP contribution in [0.1, 0.15) is 31.4 Å². The number of aromatic nitrogens is 2. The summed E-state index contributed by atoms with van der Waals surface area (Å²) in [6.07, 6.45) is 5.97. The standard InChI is InChI=1S/C15H17FN2S/c1-15(2,19-16)12-7-3-5-11-6-4-9-18-10-8-17-14(18)13(11)12/h3,5,7-8,10H,4,6,9H2,1-2H3. The van der Waals surface area contributed by atoms with Crippen molar-refractivity contribution < 1.29 is 3.89 Å². The number of halogens is 1. The van der Waals surface area contributed by atoms with Crippen molar-refractivity contribution in [2.24, 2.45) is 0 Å². The number of hydrogen-bond acceptors (Lipinski definition) is 2. The Labute approximate surface area is 117 Å². The lowest BCUT2D eigenvalue weighted by Crippen LogP contribution is -2.13. The molecule has 1 aliphatic heterocycles. The molecular weight excluding hydrogens is 259 g/mol. The normalized spacial score (nSPS) is 14.7. The van der Waals surface area contributed by atoms with Gasteiger partial charge in [-0.1, -0.05) is 18.2 Å². The van der Waals surface area contributed by atoms with Gasteiger partial charge in [0.1, 0.15) is 5.82 Å². The van der Waals surface area contributed by atoms with Crippen LogP contribution in [0.5, 0.6) is 0 Å². The quantitative estimate of drug-likeness (QED) is 0.811. The van der Waals surface area contributed by atoms with Crippen LogP contribution in [0.15, 0.2) is 30.6 Å². The second kappa shape index (κ2) is 4.67. The summed E-state index contributed by atoms with van der Waals surface area (Å²) in [5.74, 6) is 0.977. The minimum atomic E-state index is -0.549. The van der Waals surface area contributed by atoms with E-state index in [-0.39, 0.29) is 0 Å². The summed E-state index contributed by atoms with van der Waals surface area (Å²) in [6, 6.07) is 6.20. The van der Waals surface area contributed by atoms with E-state index in [1.807, 2.05) is 38.4 Å². The van der Waals surface area contributed by atoms with Crippen molar-refractivity contribution >= 4 is 12.1 Å². The Kier molecular flexibility index (Phi) is 3.13. The monoisotopic (exact) mass is 276 g/mol. The van der Waals surface area contributed by atoms with E-state index in [1.54, 1.807) is 0 Å². The van der Waals surface area contributed by atoms with E-state index < -0.39 is 4.75 Å². The van der Waals surface area contributed by atoms with Crippen LogP contribution in [-0.2, 0) is 17.7 Å². The third kappa shape index (κ3) is 2.08. The first-order valence-corrected chi connectivity index (χ1v) is 7.29. The zero-order chi connectivity index (χ0) is 13.5. The van der Waals surface area contributed by atoms with Gasteiger partial charge in [0.05, 0.1) is 16.9 Å². The second-order valence-electron chi connectivity index (χ2n) is 5.47. The number of benzene rings is 1. The molecule has 2 nitrogen and oxygen atoms in total. The summed E-state index contributed by atoms with van der Waals surface area (Å²) in [6.45, 7) is 4.82. The minimum Gasteiger partial charge on any atom is -0.331 e. The predicted molar refractivity (Wildman–Crippen MR) is 77.7 cm³/mol. The van der Waals surface area contributed by atoms with Crippen molar-refractivity contribution in [3.05, 3.63) is 41.7 Å². The smallest absolute Gasteiger partial charge is 0.140 e. The Morgan fingerprint density at radius 3 is 3.00 bits per heavy atom. The molecule has 0 saturated heterocycles. The molecule has 0 N–H and O–H groups in total. The molecule has 0 atom stereocenters. The predicted octanol–water partition coefficient (Wildman–Crippen LogP) is 4.35. The van der Waals surface area contributed by atoms with Crippen LogP contribution in [0.2, 0.25) is 0 Å². The van der Waals surface area contributed by atoms with E-state index in [9.17, 15) is 3.89 Å². The molecule has 0 radical (unpaired) electrons. The third-order valence-corrected chi connectivity index (χ3v) is 4.38. The van der Waals surface area contributed by atoms with Gasteiger partial charge in [-0.3, -0.25) is 0 Å². The van der Waals surface area contributed by atoms with E-state index >= 15 is 0 Å². The first-order valence-electron chi connectivity index (χ1n) is 6.57. The molecule has 1 aromatic heterocycles. The minimum absolute atomic E-state index is 0.400. The summed E-state index contributed by atoms with van der Waals surface area (Å²) in [7, 11) is 0. The molecule has 0 aliphatic carbocycles. The fourth-order valence-electron chi connectivity index (χ4n) is 2.77. The van der Waals surface area contributed by atoms with Gasteiger partial charge in [-0.15, -0.1) is 0 Å². The summed E-state index contributed by atoms with van der Waals surface area (Å²) in [4.78, 5) is 4.50. The molecule has 2 aromatic rings. The largest absolute Gasteiger partial charge is 0.331 e. The van der Waals surface area contributed by atoms with E-state index in [0.29, 0.717) is 12.1 Å². The van der Waals surface area contributed by atoms with Gasteiger partial charge in [-0.2, -0.15) is 3.89 Å². The third-order valence-electron chi connectivity index (χ3n) is 3.78. The SMILES string of the molecule is CC(C)(SF)c1cccc2c1-c1nccn1CCC2. The number of aryl methyl sites for hydroxylation is 2. The summed E-state index contributed by atoms with van der Waals surface area (Å²) in [5.41, 5.74) is 3.44. The maximum atomic E-state index is 13.3. The van der Waals surface area contributed by atoms with Crippen molar-refractivity contribution in [3.63, 3.8) is 0 Å². The Morgan fingerprint density at radius 1 is 1.37 bits per heavy atom. The van der Waals surface area contributed by atoms with Crippen LogP contribution in [0.4, 0.5) is 3.89 Å². The van der Waals surface area contributed by atoms with Crippen LogP contribution in [-0.4, -0.2) is 9.55 Å². The summed E-state index contributed by atoms with van der Waals surface area (Å²) in [5, 5.41) is 0. The maximum absolute atomic E-state index is 13.3. The van der Waals surface area contributed by atoms with Crippen LogP contribution in [0.3, 0.4) is 0 Å². The van der Waals surface area contributed by atoms with E-state index in [1.165, 1.54) is 5.56 Å². The van der Waals surface area contributed by atoms with Crippen molar-refractivity contribution in [1.82, 2.24) is 9.55 Å². The lowest BCUT2D eigenvalue weighted by atomic mass is 9.91. The number of fused-ring (bicyclic) bond motifs is 3. The topological polar surface area (TPSA) is 17.8 Å². The van der Waals surface area contributed by atoms with Crippen molar-refractivity contribution in [2.45, 2.75) is 38.0 Å². The van der Waals surface area contributed by atoms with Gasteiger partial charge in [0, 0.05) is 24.5 Å². The summed E-state index contributed by atoms with van der Waals surface area (Å²) < 4.78 is 14.9. The first-order chi connectivity index (χ1) is 9.13. The van der Waals surface area contributed by atoms with Crippen LogP contribution in [0, 0.1) is 0 Å². The zero-order valence-corrected chi connectivity index (χ0v) is 12.0. The molecule has 0 amide bonds. The molecule has 1 aromatic carbocycles. The van der Waals surface area contributed by atoms with Crippen molar-refractivity contribution in [1.29, 1.82) is 0 Å². The van der Waals surface area contributed by atoms with Crippen LogP contribution < -0.4 is 0 Å². The highest BCUT2D eigenvalue weighted by Gasteiger charge is 2.29. The molecule has 100 valence electrons. The van der Waals surface area contributed by atoms with Crippen molar-refractivity contribution in [3.8, 4) is 11.4 Å². The number of hydrogen-bond donors (Lipinski definition) is 0. The number of imidazole rings is 1. The van der Waals surface area contributed by atoms with Gasteiger partial charge in [0.15, 0.2) is 0 Å². The highest BCUT2D eigenvalue weighted by atomic mass is 32.2. The van der Waals surface area contributed by atoms with Gasteiger partial charge in [0.2, 0.25) is 0 Å². The number of nitrogens with zero attached hydrogens (tertiary/aromatic N) is 2. The molecule has 3 rings (SSSR count). The molecule has 1 aliphatic rings. The van der Waals surface area contributed by atoms with E-state index in [0.717, 1.165) is 36.3 Å². The second-order valence-corrected chi connectivity index (χ2v) is 6.65. The van der Waals surface area contributed by atoms with Gasteiger partial charge < -0.3 is 4.57 Å². The Hall–Kier alpha value is -1.29. The molecule has 0 saturated carbocycles. The molecule has 0 spiro atoms. The van der Waals surface area contributed by atoms with Crippen LogP contribution in [0.25, 0.3) is 11.4 Å². The molecule has 2 heterocycles. The lowest BCUT2D eigenvalue weighted by molar-refractivity contribution is 0.661. The maximum Gasteiger partial charge on any atom is 0.140 e. The van der Waals surface area contributed by atoms with Gasteiger partial charge in [-0.05, 0) is 37.8 Å². The highest BCUT2D eigenvalue weighted by molar-refractivity contribution is 7.95. The van der Waals surface area contributed by atoms with Crippen LogP contribution >= 0.6 is 12.1 Å². The average molecular weight is 276 g/mol. The van der Waals surface area contributed by atoms with E-state index in [2.05, 4.69) is 15.6 Å². The Morgan fingerprint density at radius 2 is 2.21 bits per heavy atom. The number of rotatable bonds is 2. The highest BCUT2D eigenvalue weighted by Crippen LogP contribution is 2.43. The fraction of sp³-hybridized carbons (Fsp3) is 0.400. The Bertz CT molecular complexity index is 604. The van der Waals surface area contributed by atoms with Crippen molar-refractivity contribution in [2.75, 3.05) is 0 Å². The molecule has 19 heavy (non-hydrogen) atoms. The Balaban J connectivity index is 2.28. The zero-order valence-electron chi connectivity index (χ0n) is 11.2. The lowest BCUT2D eigenvalue weighted by Gasteiger charge is -2.24. The summed E-state index contributed by atoms with van der Waals surface area (Å²) >= 11 is 0.400. The fourth-order valence-corrected chi connectivity index (χ4v) is 3.03. The first kappa shape index (κ1) is 12.7. The van der Waals surface area contributed by atoms with Gasteiger partial charge >= 0.3 is 0 Å². The molecular formula is C15H17FN2S.